The number of nitrogens with one attached hydrogen (secondary N) is 2. The van der Waals surface area contributed by atoms with Crippen LogP contribution in [0.15, 0.2) is 53.8 Å². The molecule has 4 nitrogen and oxygen atoms in total. The number of benzene rings is 1. The number of aromatic amines is 1. The van der Waals surface area contributed by atoms with Crippen molar-refractivity contribution in [3.63, 3.8) is 0 Å². The predicted octanol–water partition coefficient (Wildman–Crippen LogP) is 4.68. The number of H-pyrrole nitrogens is 1. The lowest BCUT2D eigenvalue weighted by Gasteiger charge is -2.06. The second-order valence-electron chi connectivity index (χ2n) is 4.75. The lowest BCUT2D eigenvalue weighted by Crippen LogP contribution is -2.08. The van der Waals surface area contributed by atoms with E-state index in [0.29, 0.717) is 12.1 Å². The first-order valence-corrected chi connectivity index (χ1v) is 7.94. The molecule has 3 aromatic rings. The lowest BCUT2D eigenvalue weighted by atomic mass is 10.2. The van der Waals surface area contributed by atoms with E-state index < -0.39 is 23.4 Å². The Balaban J connectivity index is 0.000000190. The average Bonchev–Trinajstić information content (AvgIpc) is 3.07. The van der Waals surface area contributed by atoms with Crippen molar-refractivity contribution in [1.82, 2.24) is 19.7 Å². The third kappa shape index (κ3) is 5.53. The Morgan fingerprint density at radius 3 is 2.35 bits per heavy atom. The van der Waals surface area contributed by atoms with Gasteiger partial charge in [-0.25, -0.2) is 18.7 Å². The van der Waals surface area contributed by atoms with Crippen molar-refractivity contribution in [3.05, 3.63) is 66.1 Å². The molecule has 0 unspecified atom stereocenters. The molecule has 0 spiro atoms. The minimum absolute atomic E-state index is 0.120. The molecule has 3 rings (SSSR count). The van der Waals surface area contributed by atoms with Crippen molar-refractivity contribution >= 4 is 11.9 Å². The van der Waals surface area contributed by atoms with Gasteiger partial charge < -0.3 is 4.98 Å². The van der Waals surface area contributed by atoms with Crippen LogP contribution in [0.5, 0.6) is 0 Å². The molecular formula is C16H13F5N4S. The van der Waals surface area contributed by atoms with Gasteiger partial charge in [0.1, 0.15) is 11.6 Å². The van der Waals surface area contributed by atoms with E-state index in [0.717, 1.165) is 16.4 Å². The summed E-state index contributed by atoms with van der Waals surface area (Å²) in [4.78, 5) is 12.5. The molecule has 2 N–H and O–H groups in total. The van der Waals surface area contributed by atoms with Crippen LogP contribution in [-0.2, 0) is 6.18 Å². The monoisotopic (exact) mass is 388 g/mol. The van der Waals surface area contributed by atoms with E-state index in [1.54, 1.807) is 30.4 Å². The van der Waals surface area contributed by atoms with E-state index in [-0.39, 0.29) is 6.07 Å². The van der Waals surface area contributed by atoms with Crippen LogP contribution >= 0.6 is 11.9 Å². The van der Waals surface area contributed by atoms with Crippen LogP contribution in [-0.4, -0.2) is 22.0 Å². The van der Waals surface area contributed by atoms with Crippen molar-refractivity contribution in [3.8, 4) is 11.5 Å². The maximum atomic E-state index is 12.4. The molecule has 0 aliphatic carbocycles. The fourth-order valence-electron chi connectivity index (χ4n) is 1.83. The van der Waals surface area contributed by atoms with Gasteiger partial charge in [-0.2, -0.15) is 13.2 Å². The summed E-state index contributed by atoms with van der Waals surface area (Å²) in [6.45, 7) is 0. The molecule has 138 valence electrons. The quantitative estimate of drug-likeness (QED) is 0.505. The Morgan fingerprint density at radius 2 is 1.77 bits per heavy atom. The SMILES string of the molecule is CNSc1c[nH]c(-c2ncccn2)c1.Fc1ccc(F)c(C(F)(F)F)c1. The second kappa shape index (κ2) is 8.77. The minimum Gasteiger partial charge on any atom is -0.357 e. The van der Waals surface area contributed by atoms with Gasteiger partial charge in [0.25, 0.3) is 0 Å². The van der Waals surface area contributed by atoms with Crippen molar-refractivity contribution in [2.24, 2.45) is 0 Å². The van der Waals surface area contributed by atoms with E-state index in [2.05, 4.69) is 19.7 Å². The van der Waals surface area contributed by atoms with Crippen LogP contribution in [0.25, 0.3) is 11.5 Å². The summed E-state index contributed by atoms with van der Waals surface area (Å²) < 4.78 is 63.1. The van der Waals surface area contributed by atoms with Gasteiger partial charge in [0.05, 0.1) is 11.3 Å². The van der Waals surface area contributed by atoms with E-state index >= 15 is 0 Å². The van der Waals surface area contributed by atoms with Gasteiger partial charge in [0.2, 0.25) is 0 Å². The number of rotatable bonds is 3. The first-order valence-electron chi connectivity index (χ1n) is 7.13. The molecule has 0 atom stereocenters. The molecule has 26 heavy (non-hydrogen) atoms. The molecule has 10 heteroatoms. The fourth-order valence-corrected chi connectivity index (χ4v) is 2.36. The molecule has 0 aliphatic rings. The summed E-state index contributed by atoms with van der Waals surface area (Å²) in [5.74, 6) is -1.86. The smallest absolute Gasteiger partial charge is 0.357 e. The van der Waals surface area contributed by atoms with Gasteiger partial charge >= 0.3 is 6.18 Å². The van der Waals surface area contributed by atoms with Crippen LogP contribution in [0.3, 0.4) is 0 Å². The molecule has 0 bridgehead atoms. The summed E-state index contributed by atoms with van der Waals surface area (Å²) in [6, 6.07) is 5.00. The maximum Gasteiger partial charge on any atom is 0.419 e. The van der Waals surface area contributed by atoms with E-state index in [1.165, 1.54) is 0 Å². The second-order valence-corrected chi connectivity index (χ2v) is 5.83. The predicted molar refractivity (Wildman–Crippen MR) is 88.1 cm³/mol. The highest BCUT2D eigenvalue weighted by Gasteiger charge is 2.34. The molecule has 0 saturated carbocycles. The highest BCUT2D eigenvalue weighted by Crippen LogP contribution is 2.31. The summed E-state index contributed by atoms with van der Waals surface area (Å²) >= 11 is 1.55. The van der Waals surface area contributed by atoms with Gasteiger partial charge in [-0.1, -0.05) is 0 Å². The number of halogens is 5. The highest BCUT2D eigenvalue weighted by molar-refractivity contribution is 7.97. The van der Waals surface area contributed by atoms with Crippen LogP contribution in [0.1, 0.15) is 5.56 Å². The normalized spacial score (nSPS) is 11.0. The number of nitrogens with zero attached hydrogens (tertiary/aromatic N) is 2. The van der Waals surface area contributed by atoms with Crippen LogP contribution in [0.2, 0.25) is 0 Å². The lowest BCUT2D eigenvalue weighted by molar-refractivity contribution is -0.140. The van der Waals surface area contributed by atoms with Crippen LogP contribution in [0, 0.1) is 11.6 Å². The van der Waals surface area contributed by atoms with Crippen LogP contribution < -0.4 is 4.72 Å². The van der Waals surface area contributed by atoms with Gasteiger partial charge in [-0.15, -0.1) is 0 Å². The van der Waals surface area contributed by atoms with Gasteiger partial charge in [-0.3, -0.25) is 4.72 Å². The Morgan fingerprint density at radius 1 is 1.08 bits per heavy atom. The van der Waals surface area contributed by atoms with Crippen molar-refractivity contribution < 1.29 is 22.0 Å². The zero-order chi connectivity index (χ0) is 19.2. The van der Waals surface area contributed by atoms with Crippen molar-refractivity contribution in [2.45, 2.75) is 11.1 Å². The number of hydrogen-bond donors (Lipinski definition) is 2. The number of aromatic nitrogens is 3. The van der Waals surface area contributed by atoms with Crippen molar-refractivity contribution in [2.75, 3.05) is 7.05 Å². The summed E-state index contributed by atoms with van der Waals surface area (Å²) in [7, 11) is 1.89. The van der Waals surface area contributed by atoms with E-state index in [1.807, 2.05) is 19.3 Å². The topological polar surface area (TPSA) is 53.6 Å². The zero-order valence-corrected chi connectivity index (χ0v) is 14.1. The molecule has 2 aromatic heterocycles. The Labute approximate surface area is 150 Å². The fraction of sp³-hybridized carbons (Fsp3) is 0.125. The molecule has 0 amide bonds. The third-order valence-electron chi connectivity index (χ3n) is 2.92. The van der Waals surface area contributed by atoms with E-state index in [9.17, 15) is 22.0 Å². The molecule has 0 fully saturated rings. The Hall–Kier alpha value is -2.46. The molecule has 0 radical (unpaired) electrons. The van der Waals surface area contributed by atoms with Gasteiger partial charge in [0.15, 0.2) is 5.82 Å². The number of alkyl halides is 3. The maximum absolute atomic E-state index is 12.4. The summed E-state index contributed by atoms with van der Waals surface area (Å²) in [5, 5.41) is 0. The van der Waals surface area contributed by atoms with Gasteiger partial charge in [-0.05, 0) is 49.3 Å². The highest BCUT2D eigenvalue weighted by atomic mass is 32.2. The number of hydrogen-bond acceptors (Lipinski definition) is 4. The van der Waals surface area contributed by atoms with Gasteiger partial charge in [0, 0.05) is 23.5 Å². The third-order valence-corrected chi connectivity index (χ3v) is 3.59. The Bertz CT molecular complexity index is 836. The van der Waals surface area contributed by atoms with Crippen molar-refractivity contribution in [1.29, 1.82) is 0 Å². The molecule has 2 heterocycles. The average molecular weight is 388 g/mol. The zero-order valence-electron chi connectivity index (χ0n) is 13.3. The summed E-state index contributed by atoms with van der Waals surface area (Å²) in [5.41, 5.74) is -0.647. The molecule has 0 aliphatic heterocycles. The van der Waals surface area contributed by atoms with E-state index in [4.69, 9.17) is 0 Å². The molecule has 1 aromatic carbocycles. The first-order chi connectivity index (χ1) is 12.3. The minimum atomic E-state index is -4.84. The molecule has 0 saturated heterocycles. The standard InChI is InChI=1S/C9H10N4S.C7H3F5/c1-10-14-7-5-8(13-6-7)9-11-3-2-4-12-9;8-4-1-2-6(9)5(3-4)7(10,11)12/h2-6,10,13H,1H3;1-3H. The van der Waals surface area contributed by atoms with Crippen LogP contribution in [0.4, 0.5) is 22.0 Å². The first kappa shape index (κ1) is 19.9. The Kier molecular flexibility index (Phi) is 6.70. The molecular weight excluding hydrogens is 375 g/mol. The summed E-state index contributed by atoms with van der Waals surface area (Å²) in [6.07, 6.45) is 0.543. The largest absolute Gasteiger partial charge is 0.419 e.